The summed E-state index contributed by atoms with van der Waals surface area (Å²) in [5.74, 6) is 1.33. The molecule has 0 aromatic rings. The third kappa shape index (κ3) is 3.61. The molecular formula is C14H27N3O. The summed E-state index contributed by atoms with van der Waals surface area (Å²) in [5.41, 5.74) is 5.48. The number of fused-ring (bicyclic) bond motifs is 1. The summed E-state index contributed by atoms with van der Waals surface area (Å²) in [6, 6.07) is 0.858. The highest BCUT2D eigenvalue weighted by Gasteiger charge is 2.32. The van der Waals surface area contributed by atoms with E-state index in [-0.39, 0.29) is 0 Å². The molecule has 104 valence electrons. The normalized spacial score (nSPS) is 30.1. The fourth-order valence-corrected chi connectivity index (χ4v) is 3.68. The quantitative estimate of drug-likeness (QED) is 0.260. The van der Waals surface area contributed by atoms with Gasteiger partial charge in [-0.25, -0.2) is 0 Å². The van der Waals surface area contributed by atoms with E-state index in [1.807, 2.05) is 0 Å². The van der Waals surface area contributed by atoms with E-state index in [4.69, 9.17) is 10.9 Å². The van der Waals surface area contributed by atoms with Crippen molar-refractivity contribution in [3.8, 4) is 0 Å². The van der Waals surface area contributed by atoms with Gasteiger partial charge in [0.25, 0.3) is 0 Å². The average molecular weight is 253 g/mol. The van der Waals surface area contributed by atoms with Crippen molar-refractivity contribution in [1.29, 1.82) is 0 Å². The molecule has 3 N–H and O–H groups in total. The Balaban J connectivity index is 1.71. The van der Waals surface area contributed by atoms with Gasteiger partial charge in [0.2, 0.25) is 0 Å². The standard InChI is InChI=1S/C14H27N3O/c15-14(16-18)9-3-4-10-17-11-5-7-12-6-1-2-8-13(12)17/h12-13,18H,1-11H2,(H2,15,16). The van der Waals surface area contributed by atoms with Crippen LogP contribution in [0.5, 0.6) is 0 Å². The summed E-state index contributed by atoms with van der Waals surface area (Å²) in [7, 11) is 0. The van der Waals surface area contributed by atoms with E-state index in [0.717, 1.165) is 24.8 Å². The van der Waals surface area contributed by atoms with Gasteiger partial charge in [-0.15, -0.1) is 0 Å². The fourth-order valence-electron chi connectivity index (χ4n) is 3.68. The first-order valence-electron chi connectivity index (χ1n) is 7.51. The van der Waals surface area contributed by atoms with Crippen LogP contribution in [0.15, 0.2) is 5.16 Å². The maximum atomic E-state index is 8.49. The van der Waals surface area contributed by atoms with Gasteiger partial charge in [0.1, 0.15) is 5.84 Å². The van der Waals surface area contributed by atoms with Crippen molar-refractivity contribution in [2.45, 2.75) is 63.8 Å². The van der Waals surface area contributed by atoms with Crippen LogP contribution in [0.2, 0.25) is 0 Å². The lowest BCUT2D eigenvalue weighted by molar-refractivity contribution is 0.0598. The van der Waals surface area contributed by atoms with E-state index in [9.17, 15) is 0 Å². The molecule has 0 radical (unpaired) electrons. The Morgan fingerprint density at radius 3 is 2.78 bits per heavy atom. The van der Waals surface area contributed by atoms with Crippen molar-refractivity contribution in [3.05, 3.63) is 0 Å². The van der Waals surface area contributed by atoms with Crippen molar-refractivity contribution in [2.24, 2.45) is 16.8 Å². The van der Waals surface area contributed by atoms with Crippen LogP contribution in [0.25, 0.3) is 0 Å². The second-order valence-corrected chi connectivity index (χ2v) is 5.84. The number of hydrogen-bond acceptors (Lipinski definition) is 3. The van der Waals surface area contributed by atoms with Crippen molar-refractivity contribution in [2.75, 3.05) is 13.1 Å². The molecule has 2 rings (SSSR count). The summed E-state index contributed by atoms with van der Waals surface area (Å²) < 4.78 is 0. The number of oxime groups is 1. The Labute approximate surface area is 110 Å². The van der Waals surface area contributed by atoms with Gasteiger partial charge in [-0.2, -0.15) is 0 Å². The molecule has 0 aromatic heterocycles. The fraction of sp³-hybridized carbons (Fsp3) is 0.929. The van der Waals surface area contributed by atoms with Crippen molar-refractivity contribution >= 4 is 5.84 Å². The lowest BCUT2D eigenvalue weighted by Crippen LogP contribution is -2.47. The topological polar surface area (TPSA) is 61.8 Å². The van der Waals surface area contributed by atoms with Gasteiger partial charge >= 0.3 is 0 Å². The molecule has 4 heteroatoms. The van der Waals surface area contributed by atoms with Gasteiger partial charge in [0, 0.05) is 12.5 Å². The summed E-state index contributed by atoms with van der Waals surface area (Å²) in [6.45, 7) is 2.48. The monoisotopic (exact) mass is 253 g/mol. The number of rotatable bonds is 5. The van der Waals surface area contributed by atoms with Crippen LogP contribution in [0, 0.1) is 5.92 Å². The Bertz CT molecular complexity index is 278. The van der Waals surface area contributed by atoms with Crippen LogP contribution < -0.4 is 5.73 Å². The minimum Gasteiger partial charge on any atom is -0.409 e. The predicted molar refractivity (Wildman–Crippen MR) is 73.8 cm³/mol. The predicted octanol–water partition coefficient (Wildman–Crippen LogP) is 2.56. The van der Waals surface area contributed by atoms with E-state index in [1.165, 1.54) is 58.0 Å². The molecule has 0 aromatic carbocycles. The average Bonchev–Trinajstić information content (AvgIpc) is 2.43. The third-order valence-electron chi connectivity index (χ3n) is 4.61. The molecule has 0 spiro atoms. The zero-order chi connectivity index (χ0) is 12.8. The van der Waals surface area contributed by atoms with Crippen molar-refractivity contribution in [1.82, 2.24) is 4.90 Å². The van der Waals surface area contributed by atoms with E-state index in [2.05, 4.69) is 10.1 Å². The number of nitrogens with two attached hydrogens (primary N) is 1. The Kier molecular flexibility index (Phi) is 5.29. The number of unbranched alkanes of at least 4 members (excludes halogenated alkanes) is 1. The highest BCUT2D eigenvalue weighted by atomic mass is 16.4. The number of piperidine rings is 1. The first-order valence-corrected chi connectivity index (χ1v) is 7.51. The number of hydrogen-bond donors (Lipinski definition) is 2. The lowest BCUT2D eigenvalue weighted by Gasteiger charge is -2.44. The Hall–Kier alpha value is -0.770. The summed E-state index contributed by atoms with van der Waals surface area (Å²) in [5, 5.41) is 11.5. The molecule has 0 amide bonds. The van der Waals surface area contributed by atoms with Gasteiger partial charge in [0.05, 0.1) is 0 Å². The smallest absolute Gasteiger partial charge is 0.139 e. The molecule has 18 heavy (non-hydrogen) atoms. The molecule has 1 saturated heterocycles. The van der Waals surface area contributed by atoms with Crippen molar-refractivity contribution < 1.29 is 5.21 Å². The van der Waals surface area contributed by atoms with E-state index in [0.29, 0.717) is 5.84 Å². The van der Waals surface area contributed by atoms with Gasteiger partial charge in [-0.3, -0.25) is 0 Å². The molecule has 2 unspecified atom stereocenters. The van der Waals surface area contributed by atoms with Crippen LogP contribution in [-0.4, -0.2) is 35.1 Å². The Morgan fingerprint density at radius 2 is 1.94 bits per heavy atom. The van der Waals surface area contributed by atoms with E-state index < -0.39 is 0 Å². The first kappa shape index (κ1) is 13.7. The number of amidine groups is 1. The van der Waals surface area contributed by atoms with Crippen LogP contribution in [0.1, 0.15) is 57.8 Å². The Morgan fingerprint density at radius 1 is 1.17 bits per heavy atom. The zero-order valence-electron chi connectivity index (χ0n) is 11.4. The van der Waals surface area contributed by atoms with Crippen LogP contribution in [0.4, 0.5) is 0 Å². The zero-order valence-corrected chi connectivity index (χ0v) is 11.4. The third-order valence-corrected chi connectivity index (χ3v) is 4.61. The second kappa shape index (κ2) is 6.98. The van der Waals surface area contributed by atoms with Crippen LogP contribution in [0.3, 0.4) is 0 Å². The lowest BCUT2D eigenvalue weighted by atomic mass is 9.78. The summed E-state index contributed by atoms with van der Waals surface area (Å²) in [6.07, 6.45) is 11.5. The van der Waals surface area contributed by atoms with Crippen LogP contribution in [-0.2, 0) is 0 Å². The molecule has 1 aliphatic heterocycles. The highest BCUT2D eigenvalue weighted by Crippen LogP contribution is 2.35. The molecule has 1 saturated carbocycles. The highest BCUT2D eigenvalue weighted by molar-refractivity contribution is 5.79. The minimum absolute atomic E-state index is 0.365. The van der Waals surface area contributed by atoms with Crippen LogP contribution >= 0.6 is 0 Å². The van der Waals surface area contributed by atoms with Crippen molar-refractivity contribution in [3.63, 3.8) is 0 Å². The minimum atomic E-state index is 0.365. The van der Waals surface area contributed by atoms with Gasteiger partial charge in [-0.1, -0.05) is 18.0 Å². The summed E-state index contributed by atoms with van der Waals surface area (Å²) >= 11 is 0. The maximum absolute atomic E-state index is 8.49. The molecule has 2 fully saturated rings. The summed E-state index contributed by atoms with van der Waals surface area (Å²) in [4.78, 5) is 2.71. The first-order chi connectivity index (χ1) is 8.81. The number of nitrogens with zero attached hydrogens (tertiary/aromatic N) is 2. The largest absolute Gasteiger partial charge is 0.409 e. The van der Waals surface area contributed by atoms with Gasteiger partial charge in [-0.05, 0) is 57.5 Å². The number of likely N-dealkylation sites (tertiary alicyclic amines) is 1. The van der Waals surface area contributed by atoms with E-state index >= 15 is 0 Å². The van der Waals surface area contributed by atoms with E-state index in [1.54, 1.807) is 0 Å². The second-order valence-electron chi connectivity index (χ2n) is 5.84. The molecule has 0 bridgehead atoms. The maximum Gasteiger partial charge on any atom is 0.139 e. The molecule has 1 aliphatic carbocycles. The SMILES string of the molecule is NC(CCCCN1CCCC2CCCCC21)=NO. The molecule has 2 aliphatic rings. The van der Waals surface area contributed by atoms with Gasteiger partial charge < -0.3 is 15.8 Å². The molecule has 2 atom stereocenters. The molecular weight excluding hydrogens is 226 g/mol. The molecule has 1 heterocycles. The van der Waals surface area contributed by atoms with Gasteiger partial charge in [0.15, 0.2) is 0 Å². The molecule has 4 nitrogen and oxygen atoms in total.